The number of carboxylic acids is 1. The molecule has 2 rings (SSSR count). The summed E-state index contributed by atoms with van der Waals surface area (Å²) in [5.41, 5.74) is -0.956. The fourth-order valence-electron chi connectivity index (χ4n) is 2.16. The minimum absolute atomic E-state index is 0.0442. The summed E-state index contributed by atoms with van der Waals surface area (Å²) < 4.78 is 42.8. The number of carboxylic acid groups (broad SMARTS) is 1. The number of hydrogen-bond donors (Lipinski definition) is 1. The van der Waals surface area contributed by atoms with Gasteiger partial charge in [0.05, 0.1) is 29.8 Å². The lowest BCUT2D eigenvalue weighted by atomic mass is 10.0. The van der Waals surface area contributed by atoms with Crippen LogP contribution in [0.15, 0.2) is 12.3 Å². The van der Waals surface area contributed by atoms with Crippen molar-refractivity contribution >= 4 is 23.4 Å². The lowest BCUT2D eigenvalue weighted by Gasteiger charge is -2.28. The van der Waals surface area contributed by atoms with Crippen LogP contribution < -0.4 is 4.90 Å². The van der Waals surface area contributed by atoms with Gasteiger partial charge in [-0.25, -0.2) is 4.98 Å². The second kappa shape index (κ2) is 5.69. The summed E-state index contributed by atoms with van der Waals surface area (Å²) in [6.07, 6.45) is -3.86. The molecule has 1 aromatic heterocycles. The van der Waals surface area contributed by atoms with Crippen molar-refractivity contribution < 1.29 is 27.8 Å². The smallest absolute Gasteiger partial charge is 0.417 e. The van der Waals surface area contributed by atoms with Crippen LogP contribution in [0.4, 0.5) is 19.0 Å². The number of halogens is 4. The standard InChI is InChI=1S/C12H12ClF3N2O3/c1-18(9-5-21-4-7(9)11(19)20)10-8(13)2-6(3-17-10)12(14,15)16/h2-3,7,9H,4-5H2,1H3,(H,19,20). The maximum atomic E-state index is 12.6. The van der Waals surface area contributed by atoms with Gasteiger partial charge >= 0.3 is 12.1 Å². The maximum absolute atomic E-state index is 12.6. The molecule has 0 aromatic carbocycles. The minimum Gasteiger partial charge on any atom is -0.481 e. The molecule has 1 aliphatic heterocycles. The molecule has 9 heteroatoms. The highest BCUT2D eigenvalue weighted by Crippen LogP contribution is 2.34. The molecule has 1 aliphatic rings. The van der Waals surface area contributed by atoms with E-state index >= 15 is 0 Å². The Kier molecular flexibility index (Phi) is 4.29. The highest BCUT2D eigenvalue weighted by molar-refractivity contribution is 6.33. The molecule has 0 aliphatic carbocycles. The average Bonchev–Trinajstić information content (AvgIpc) is 2.86. The van der Waals surface area contributed by atoms with Gasteiger partial charge in [0.25, 0.3) is 0 Å². The topological polar surface area (TPSA) is 62.7 Å². The second-order valence-corrected chi connectivity index (χ2v) is 5.09. The zero-order valence-corrected chi connectivity index (χ0v) is 11.6. The van der Waals surface area contributed by atoms with Crippen molar-refractivity contribution in [2.45, 2.75) is 12.2 Å². The summed E-state index contributed by atoms with van der Waals surface area (Å²) in [4.78, 5) is 16.3. The Bertz CT molecular complexity index is 553. The number of rotatable bonds is 3. The molecule has 2 heterocycles. The fourth-order valence-corrected chi connectivity index (χ4v) is 2.46. The molecule has 21 heavy (non-hydrogen) atoms. The zero-order chi connectivity index (χ0) is 15.8. The Morgan fingerprint density at radius 2 is 2.19 bits per heavy atom. The zero-order valence-electron chi connectivity index (χ0n) is 10.9. The molecule has 0 amide bonds. The SMILES string of the molecule is CN(c1ncc(C(F)(F)F)cc1Cl)C1COCC1C(=O)O. The third kappa shape index (κ3) is 3.21. The van der Waals surface area contributed by atoms with Crippen molar-refractivity contribution in [1.29, 1.82) is 0 Å². The fraction of sp³-hybridized carbons (Fsp3) is 0.500. The van der Waals surface area contributed by atoms with E-state index in [2.05, 4.69) is 4.98 Å². The molecule has 1 N–H and O–H groups in total. The summed E-state index contributed by atoms with van der Waals surface area (Å²) in [5.74, 6) is -1.73. The predicted molar refractivity (Wildman–Crippen MR) is 68.4 cm³/mol. The van der Waals surface area contributed by atoms with Crippen LogP contribution in [0.2, 0.25) is 5.02 Å². The first-order valence-electron chi connectivity index (χ1n) is 5.98. The van der Waals surface area contributed by atoms with Crippen molar-refractivity contribution in [2.24, 2.45) is 5.92 Å². The van der Waals surface area contributed by atoms with E-state index in [0.29, 0.717) is 6.20 Å². The highest BCUT2D eigenvalue weighted by atomic mass is 35.5. The number of nitrogens with zero attached hydrogens (tertiary/aromatic N) is 2. The number of hydrogen-bond acceptors (Lipinski definition) is 4. The number of likely N-dealkylation sites (N-methyl/N-ethyl adjacent to an activating group) is 1. The number of aromatic nitrogens is 1. The second-order valence-electron chi connectivity index (χ2n) is 4.69. The molecule has 0 radical (unpaired) electrons. The monoisotopic (exact) mass is 324 g/mol. The quantitative estimate of drug-likeness (QED) is 0.924. The lowest BCUT2D eigenvalue weighted by Crippen LogP contribution is -2.41. The van der Waals surface area contributed by atoms with Crippen LogP contribution in [0.5, 0.6) is 0 Å². The van der Waals surface area contributed by atoms with Gasteiger partial charge in [0.2, 0.25) is 0 Å². The van der Waals surface area contributed by atoms with Crippen LogP contribution in [-0.2, 0) is 15.7 Å². The van der Waals surface area contributed by atoms with Gasteiger partial charge in [-0.2, -0.15) is 13.2 Å². The van der Waals surface area contributed by atoms with Crippen molar-refractivity contribution in [2.75, 3.05) is 25.2 Å². The molecule has 0 bridgehead atoms. The van der Waals surface area contributed by atoms with E-state index in [-0.39, 0.29) is 24.1 Å². The number of carbonyl (C=O) groups is 1. The maximum Gasteiger partial charge on any atom is 0.417 e. The summed E-state index contributed by atoms with van der Waals surface area (Å²) in [6.45, 7) is 0.190. The van der Waals surface area contributed by atoms with Gasteiger partial charge in [-0.15, -0.1) is 0 Å². The van der Waals surface area contributed by atoms with Crippen LogP contribution in [0.3, 0.4) is 0 Å². The van der Waals surface area contributed by atoms with E-state index in [1.807, 2.05) is 0 Å². The lowest BCUT2D eigenvalue weighted by molar-refractivity contribution is -0.142. The van der Waals surface area contributed by atoms with Gasteiger partial charge in [-0.3, -0.25) is 4.79 Å². The molecule has 1 saturated heterocycles. The Labute approximate surface area is 123 Å². The number of aliphatic carboxylic acids is 1. The molecular weight excluding hydrogens is 313 g/mol. The van der Waals surface area contributed by atoms with Gasteiger partial charge in [0.1, 0.15) is 11.7 Å². The summed E-state index contributed by atoms with van der Waals surface area (Å²) in [7, 11) is 1.52. The van der Waals surface area contributed by atoms with E-state index < -0.39 is 29.7 Å². The van der Waals surface area contributed by atoms with E-state index in [0.717, 1.165) is 6.07 Å². The Morgan fingerprint density at radius 3 is 2.71 bits per heavy atom. The average molecular weight is 325 g/mol. The van der Waals surface area contributed by atoms with Crippen LogP contribution in [0.25, 0.3) is 0 Å². The van der Waals surface area contributed by atoms with Crippen LogP contribution in [0, 0.1) is 5.92 Å². The number of anilines is 1. The molecule has 1 fully saturated rings. The summed E-state index contributed by atoms with van der Waals surface area (Å²) >= 11 is 5.84. The first-order valence-corrected chi connectivity index (χ1v) is 6.35. The van der Waals surface area contributed by atoms with Gasteiger partial charge in [-0.1, -0.05) is 11.6 Å². The number of pyridine rings is 1. The van der Waals surface area contributed by atoms with Gasteiger partial charge < -0.3 is 14.7 Å². The van der Waals surface area contributed by atoms with Crippen molar-refractivity contribution in [1.82, 2.24) is 4.98 Å². The normalized spacial score (nSPS) is 22.3. The predicted octanol–water partition coefficient (Wildman–Crippen LogP) is 2.29. The third-order valence-corrected chi connectivity index (χ3v) is 3.63. The first-order chi connectivity index (χ1) is 9.71. The van der Waals surface area contributed by atoms with E-state index in [1.165, 1.54) is 11.9 Å². The highest BCUT2D eigenvalue weighted by Gasteiger charge is 2.38. The Morgan fingerprint density at radius 1 is 1.52 bits per heavy atom. The van der Waals surface area contributed by atoms with E-state index in [9.17, 15) is 18.0 Å². The Hall–Kier alpha value is -1.54. The minimum atomic E-state index is -4.53. The van der Waals surface area contributed by atoms with Crippen LogP contribution >= 0.6 is 11.6 Å². The van der Waals surface area contributed by atoms with E-state index in [1.54, 1.807) is 0 Å². The molecule has 0 spiro atoms. The van der Waals surface area contributed by atoms with Crippen LogP contribution in [0.1, 0.15) is 5.56 Å². The molecule has 116 valence electrons. The number of alkyl halides is 3. The molecule has 2 atom stereocenters. The summed E-state index contributed by atoms with van der Waals surface area (Å²) in [6, 6.07) is 0.232. The molecule has 5 nitrogen and oxygen atoms in total. The van der Waals surface area contributed by atoms with Crippen molar-refractivity contribution in [3.8, 4) is 0 Å². The number of ether oxygens (including phenoxy) is 1. The molecule has 1 aromatic rings. The molecule has 2 unspecified atom stereocenters. The van der Waals surface area contributed by atoms with Crippen molar-refractivity contribution in [3.05, 3.63) is 22.8 Å². The largest absolute Gasteiger partial charge is 0.481 e. The first kappa shape index (κ1) is 15.8. The molecular formula is C12H12ClF3N2O3. The third-order valence-electron chi connectivity index (χ3n) is 3.35. The van der Waals surface area contributed by atoms with E-state index in [4.69, 9.17) is 21.4 Å². The van der Waals surface area contributed by atoms with Crippen molar-refractivity contribution in [3.63, 3.8) is 0 Å². The summed E-state index contributed by atoms with van der Waals surface area (Å²) in [5, 5.41) is 8.90. The Balaban J connectivity index is 2.27. The molecule has 0 saturated carbocycles. The van der Waals surface area contributed by atoms with Gasteiger partial charge in [-0.05, 0) is 6.07 Å². The van der Waals surface area contributed by atoms with Gasteiger partial charge in [0, 0.05) is 13.2 Å². The van der Waals surface area contributed by atoms with Crippen LogP contribution in [-0.4, -0.2) is 42.4 Å². The van der Waals surface area contributed by atoms with Gasteiger partial charge in [0.15, 0.2) is 0 Å².